The third-order valence-corrected chi connectivity index (χ3v) is 7.37. The fourth-order valence-corrected chi connectivity index (χ4v) is 5.36. The maximum atomic E-state index is 11.0. The largest absolute Gasteiger partial charge is 0.493 e. The van der Waals surface area contributed by atoms with Gasteiger partial charge in [0.05, 0.1) is 6.61 Å². The van der Waals surface area contributed by atoms with E-state index < -0.39 is 5.97 Å². The summed E-state index contributed by atoms with van der Waals surface area (Å²) >= 11 is 0. The zero-order valence-electron chi connectivity index (χ0n) is 20.3. The molecule has 0 bridgehead atoms. The van der Waals surface area contributed by atoms with Crippen molar-refractivity contribution in [3.05, 3.63) is 52.6 Å². The third kappa shape index (κ3) is 5.25. The Kier molecular flexibility index (Phi) is 7.03. The van der Waals surface area contributed by atoms with Crippen LogP contribution in [-0.2, 0) is 15.6 Å². The van der Waals surface area contributed by atoms with Crippen LogP contribution >= 0.6 is 0 Å². The first kappa shape index (κ1) is 23.6. The zero-order chi connectivity index (χ0) is 22.8. The Morgan fingerprint density at radius 1 is 1.13 bits per heavy atom. The number of hydrogen-bond donors (Lipinski definition) is 1. The smallest absolute Gasteiger partial charge is 0.328 e. The van der Waals surface area contributed by atoms with Crippen molar-refractivity contribution < 1.29 is 14.6 Å². The van der Waals surface area contributed by atoms with E-state index in [1.807, 2.05) is 13.0 Å². The zero-order valence-corrected chi connectivity index (χ0v) is 20.3. The molecule has 0 heterocycles. The number of carbonyl (C=O) groups is 1. The fourth-order valence-electron chi connectivity index (χ4n) is 5.36. The van der Waals surface area contributed by atoms with Gasteiger partial charge in [0.25, 0.3) is 0 Å². The average molecular weight is 425 g/mol. The van der Waals surface area contributed by atoms with Gasteiger partial charge in [-0.2, -0.15) is 0 Å². The van der Waals surface area contributed by atoms with E-state index in [1.54, 1.807) is 0 Å². The van der Waals surface area contributed by atoms with Gasteiger partial charge in [0.1, 0.15) is 5.75 Å². The lowest BCUT2D eigenvalue weighted by Gasteiger charge is -2.42. The summed E-state index contributed by atoms with van der Waals surface area (Å²) in [7, 11) is 0. The molecule has 1 aromatic carbocycles. The summed E-state index contributed by atoms with van der Waals surface area (Å²) in [5, 5.41) is 9.00. The Hall–Kier alpha value is -2.03. The number of carboxylic acids is 1. The van der Waals surface area contributed by atoms with Crippen molar-refractivity contribution in [2.75, 3.05) is 6.61 Å². The van der Waals surface area contributed by atoms with E-state index in [0.29, 0.717) is 11.8 Å². The summed E-state index contributed by atoms with van der Waals surface area (Å²) in [6, 6.07) is 4.83. The third-order valence-electron chi connectivity index (χ3n) is 7.37. The van der Waals surface area contributed by atoms with Gasteiger partial charge in [0.2, 0.25) is 0 Å². The number of ether oxygens (including phenoxy) is 1. The molecule has 170 valence electrons. The van der Waals surface area contributed by atoms with Crippen LogP contribution in [-0.4, -0.2) is 17.7 Å². The van der Waals surface area contributed by atoms with E-state index in [9.17, 15) is 4.79 Å². The van der Waals surface area contributed by atoms with Gasteiger partial charge in [-0.25, -0.2) is 4.79 Å². The number of allylic oxidation sites excluding steroid dienone is 3. The first-order valence-electron chi connectivity index (χ1n) is 12.0. The average Bonchev–Trinajstić information content (AvgIpc) is 3.16. The van der Waals surface area contributed by atoms with E-state index in [2.05, 4.69) is 52.8 Å². The second-order valence-corrected chi connectivity index (χ2v) is 10.8. The molecule has 0 aromatic heterocycles. The fraction of sp³-hybridized carbons (Fsp3) is 0.607. The van der Waals surface area contributed by atoms with Crippen LogP contribution in [0.15, 0.2) is 35.9 Å². The number of benzene rings is 1. The standard InChI is InChI=1S/C28H40O3/c1-7-15-31-25-18-24-23(27(3,4)13-14-28(24,5)6)17-22(25)21-10-8-9-20(21)12-11-19(2)16-26(29)30/h11-12,16-18,20-21H,7-10,13-15H2,1-6H3,(H,29,30). The van der Waals surface area contributed by atoms with Crippen molar-refractivity contribution in [1.29, 1.82) is 0 Å². The van der Waals surface area contributed by atoms with E-state index in [0.717, 1.165) is 37.2 Å². The second kappa shape index (κ2) is 9.22. The monoisotopic (exact) mass is 424 g/mol. The Morgan fingerprint density at radius 2 is 1.77 bits per heavy atom. The molecule has 3 heteroatoms. The van der Waals surface area contributed by atoms with Crippen molar-refractivity contribution in [2.45, 2.75) is 96.8 Å². The van der Waals surface area contributed by atoms with Gasteiger partial charge in [-0.05, 0) is 90.0 Å². The molecular weight excluding hydrogens is 384 g/mol. The molecule has 2 aliphatic rings. The summed E-state index contributed by atoms with van der Waals surface area (Å²) in [6.07, 6.45) is 12.4. The molecule has 1 aromatic rings. The van der Waals surface area contributed by atoms with Gasteiger partial charge in [-0.15, -0.1) is 0 Å². The molecule has 1 N–H and O–H groups in total. The van der Waals surface area contributed by atoms with Gasteiger partial charge in [0.15, 0.2) is 0 Å². The van der Waals surface area contributed by atoms with Gasteiger partial charge >= 0.3 is 5.97 Å². The molecule has 0 radical (unpaired) electrons. The molecule has 3 rings (SSSR count). The molecule has 1 fully saturated rings. The highest BCUT2D eigenvalue weighted by molar-refractivity contribution is 5.81. The molecular formula is C28H40O3. The van der Waals surface area contributed by atoms with Crippen LogP contribution in [0.1, 0.15) is 103 Å². The number of carboxylic acid groups (broad SMARTS) is 1. The molecule has 31 heavy (non-hydrogen) atoms. The van der Waals surface area contributed by atoms with Crippen LogP contribution in [0, 0.1) is 5.92 Å². The minimum absolute atomic E-state index is 0.168. The molecule has 2 unspecified atom stereocenters. The van der Waals surface area contributed by atoms with Gasteiger partial charge in [-0.3, -0.25) is 0 Å². The van der Waals surface area contributed by atoms with Crippen molar-refractivity contribution in [3.8, 4) is 5.75 Å². The first-order valence-corrected chi connectivity index (χ1v) is 12.0. The number of rotatable bonds is 7. The molecule has 0 saturated heterocycles. The molecule has 0 aliphatic heterocycles. The van der Waals surface area contributed by atoms with Crippen molar-refractivity contribution in [2.24, 2.45) is 5.92 Å². The normalized spacial score (nSPS) is 24.9. The minimum Gasteiger partial charge on any atom is -0.493 e. The van der Waals surface area contributed by atoms with Crippen LogP contribution < -0.4 is 4.74 Å². The van der Waals surface area contributed by atoms with E-state index in [1.165, 1.54) is 42.0 Å². The number of hydrogen-bond acceptors (Lipinski definition) is 2. The van der Waals surface area contributed by atoms with Gasteiger partial charge in [-0.1, -0.05) is 59.3 Å². The lowest BCUT2D eigenvalue weighted by Crippen LogP contribution is -2.34. The Balaban J connectivity index is 2.04. The molecule has 0 amide bonds. The quantitative estimate of drug-likeness (QED) is 0.369. The molecule has 2 atom stereocenters. The van der Waals surface area contributed by atoms with Gasteiger partial charge < -0.3 is 9.84 Å². The second-order valence-electron chi connectivity index (χ2n) is 10.8. The maximum Gasteiger partial charge on any atom is 0.328 e. The summed E-state index contributed by atoms with van der Waals surface area (Å²) in [4.78, 5) is 11.0. The topological polar surface area (TPSA) is 46.5 Å². The number of fused-ring (bicyclic) bond motifs is 1. The summed E-state index contributed by atoms with van der Waals surface area (Å²) in [5.41, 5.74) is 5.41. The van der Waals surface area contributed by atoms with Crippen LogP contribution in [0.2, 0.25) is 0 Å². The van der Waals surface area contributed by atoms with E-state index >= 15 is 0 Å². The van der Waals surface area contributed by atoms with Crippen LogP contribution in [0.25, 0.3) is 0 Å². The predicted octanol–water partition coefficient (Wildman–Crippen LogP) is 7.30. The molecule has 1 saturated carbocycles. The SMILES string of the molecule is CCCOc1cc2c(cc1C1CCCC1C=CC(C)=CC(=O)O)C(C)(C)CCC2(C)C. The Morgan fingerprint density at radius 3 is 2.39 bits per heavy atom. The van der Waals surface area contributed by atoms with Crippen molar-refractivity contribution >= 4 is 5.97 Å². The summed E-state index contributed by atoms with van der Waals surface area (Å²) < 4.78 is 6.34. The predicted molar refractivity (Wildman–Crippen MR) is 128 cm³/mol. The first-order chi connectivity index (χ1) is 14.5. The van der Waals surface area contributed by atoms with E-state index in [4.69, 9.17) is 9.84 Å². The summed E-state index contributed by atoms with van der Waals surface area (Å²) in [6.45, 7) is 14.2. The van der Waals surface area contributed by atoms with Crippen LogP contribution in [0.5, 0.6) is 5.75 Å². The van der Waals surface area contributed by atoms with Crippen molar-refractivity contribution in [3.63, 3.8) is 0 Å². The minimum atomic E-state index is -0.889. The lowest BCUT2D eigenvalue weighted by molar-refractivity contribution is -0.131. The Labute approximate surface area is 188 Å². The van der Waals surface area contributed by atoms with Crippen LogP contribution in [0.4, 0.5) is 0 Å². The highest BCUT2D eigenvalue weighted by Gasteiger charge is 2.39. The van der Waals surface area contributed by atoms with Gasteiger partial charge in [0, 0.05) is 6.08 Å². The molecule has 2 aliphatic carbocycles. The number of aliphatic carboxylic acids is 1. The maximum absolute atomic E-state index is 11.0. The van der Waals surface area contributed by atoms with Crippen molar-refractivity contribution in [1.82, 2.24) is 0 Å². The molecule has 3 nitrogen and oxygen atoms in total. The highest BCUT2D eigenvalue weighted by atomic mass is 16.5. The summed E-state index contributed by atoms with van der Waals surface area (Å²) in [5.74, 6) is 1.01. The van der Waals surface area contributed by atoms with E-state index in [-0.39, 0.29) is 10.8 Å². The lowest BCUT2D eigenvalue weighted by atomic mass is 9.62. The Bertz CT molecular complexity index is 872. The highest BCUT2D eigenvalue weighted by Crippen LogP contribution is 2.51. The molecule has 0 spiro atoms. The van der Waals surface area contributed by atoms with Crippen LogP contribution in [0.3, 0.4) is 0 Å².